The molecule has 2 aliphatic rings. The van der Waals surface area contributed by atoms with Gasteiger partial charge in [-0.15, -0.1) is 0 Å². The molecule has 0 aromatic carbocycles. The molecule has 2 saturated heterocycles. The Morgan fingerprint density at radius 3 is 1.47 bits per heavy atom. The van der Waals surface area contributed by atoms with Crippen molar-refractivity contribution in [3.8, 4) is 0 Å². The van der Waals surface area contributed by atoms with Crippen LogP contribution in [0.1, 0.15) is 27.7 Å². The van der Waals surface area contributed by atoms with Crippen molar-refractivity contribution in [2.45, 2.75) is 46.0 Å². The molecular weight excluding hydrogens is 264 g/mol. The number of rotatable bonds is 8. The molecule has 0 aromatic rings. The van der Waals surface area contributed by atoms with Gasteiger partial charge in [0.15, 0.2) is 0 Å². The molecule has 0 radical (unpaired) electrons. The SMILES string of the molecule is CC(C)O[SiH](OC(C)C)OC(C1COC1)C1COC1. The van der Waals surface area contributed by atoms with Gasteiger partial charge >= 0.3 is 9.53 Å². The summed E-state index contributed by atoms with van der Waals surface area (Å²) in [6.45, 7) is 11.2. The molecule has 2 fully saturated rings. The lowest BCUT2D eigenvalue weighted by molar-refractivity contribution is -0.164. The largest absolute Gasteiger partial charge is 0.484 e. The highest BCUT2D eigenvalue weighted by Gasteiger charge is 2.41. The van der Waals surface area contributed by atoms with E-state index in [0.29, 0.717) is 11.8 Å². The van der Waals surface area contributed by atoms with E-state index in [1.807, 2.05) is 27.7 Å². The van der Waals surface area contributed by atoms with Gasteiger partial charge in [0.25, 0.3) is 0 Å². The molecule has 0 saturated carbocycles. The van der Waals surface area contributed by atoms with E-state index in [-0.39, 0.29) is 18.3 Å². The van der Waals surface area contributed by atoms with E-state index < -0.39 is 9.53 Å². The van der Waals surface area contributed by atoms with Gasteiger partial charge in [-0.2, -0.15) is 0 Å². The van der Waals surface area contributed by atoms with Crippen LogP contribution in [0.4, 0.5) is 0 Å². The second-order valence-electron chi connectivity index (χ2n) is 5.85. The van der Waals surface area contributed by atoms with E-state index in [1.54, 1.807) is 0 Å². The highest BCUT2D eigenvalue weighted by Crippen LogP contribution is 2.29. The first kappa shape index (κ1) is 15.4. The molecule has 0 aliphatic carbocycles. The molecular formula is C13H26O5Si. The second-order valence-corrected chi connectivity index (χ2v) is 7.25. The highest BCUT2D eigenvalue weighted by molar-refractivity contribution is 6.36. The topological polar surface area (TPSA) is 46.2 Å². The van der Waals surface area contributed by atoms with Crippen molar-refractivity contribution in [3.05, 3.63) is 0 Å². The Bertz CT molecular complexity index is 242. The average molecular weight is 290 g/mol. The lowest BCUT2D eigenvalue weighted by Crippen LogP contribution is -2.53. The van der Waals surface area contributed by atoms with Gasteiger partial charge in [-0.1, -0.05) is 0 Å². The van der Waals surface area contributed by atoms with E-state index >= 15 is 0 Å². The fourth-order valence-electron chi connectivity index (χ4n) is 2.16. The second kappa shape index (κ2) is 7.15. The molecule has 19 heavy (non-hydrogen) atoms. The first-order valence-electron chi connectivity index (χ1n) is 7.18. The van der Waals surface area contributed by atoms with E-state index in [9.17, 15) is 0 Å². The van der Waals surface area contributed by atoms with E-state index in [4.69, 9.17) is 22.8 Å². The molecule has 0 bridgehead atoms. The predicted octanol–water partition coefficient (Wildman–Crippen LogP) is 1.23. The van der Waals surface area contributed by atoms with Crippen molar-refractivity contribution in [1.82, 2.24) is 0 Å². The van der Waals surface area contributed by atoms with Crippen LogP contribution in [0, 0.1) is 11.8 Å². The molecule has 6 heteroatoms. The average Bonchev–Trinajstić information content (AvgIpc) is 2.08. The Balaban J connectivity index is 1.90. The summed E-state index contributed by atoms with van der Waals surface area (Å²) in [5.41, 5.74) is 0. The summed E-state index contributed by atoms with van der Waals surface area (Å²) in [5.74, 6) is 0.936. The smallest absolute Gasteiger partial charge is 0.380 e. The molecule has 2 rings (SSSR count). The van der Waals surface area contributed by atoms with Gasteiger partial charge in [-0.25, -0.2) is 0 Å². The van der Waals surface area contributed by atoms with Crippen LogP contribution in [0.5, 0.6) is 0 Å². The summed E-state index contributed by atoms with van der Waals surface area (Å²) in [6, 6.07) is 0. The molecule has 0 atom stereocenters. The van der Waals surface area contributed by atoms with Crippen molar-refractivity contribution in [2.24, 2.45) is 11.8 Å². The van der Waals surface area contributed by atoms with Gasteiger partial charge in [-0.3, -0.25) is 0 Å². The number of ether oxygens (including phenoxy) is 2. The van der Waals surface area contributed by atoms with Gasteiger partial charge in [0, 0.05) is 24.0 Å². The molecule has 2 aliphatic heterocycles. The Morgan fingerprint density at radius 2 is 1.21 bits per heavy atom. The van der Waals surface area contributed by atoms with Crippen LogP contribution in [0.25, 0.3) is 0 Å². The van der Waals surface area contributed by atoms with Gasteiger partial charge in [0.1, 0.15) is 0 Å². The molecule has 5 nitrogen and oxygen atoms in total. The maximum absolute atomic E-state index is 6.21. The minimum Gasteiger partial charge on any atom is -0.380 e. The van der Waals surface area contributed by atoms with Crippen LogP contribution in [-0.4, -0.2) is 54.3 Å². The van der Waals surface area contributed by atoms with Crippen LogP contribution in [0.3, 0.4) is 0 Å². The summed E-state index contributed by atoms with van der Waals surface area (Å²) in [6.07, 6.45) is 0.425. The molecule has 2 heterocycles. The first-order chi connectivity index (χ1) is 9.06. The Hall–Kier alpha value is 0.0169. The Kier molecular flexibility index (Phi) is 5.80. The van der Waals surface area contributed by atoms with Crippen LogP contribution in [0.15, 0.2) is 0 Å². The van der Waals surface area contributed by atoms with Crippen molar-refractivity contribution in [2.75, 3.05) is 26.4 Å². The van der Waals surface area contributed by atoms with Crippen LogP contribution < -0.4 is 0 Å². The lowest BCUT2D eigenvalue weighted by atomic mass is 9.88. The zero-order chi connectivity index (χ0) is 13.8. The quantitative estimate of drug-likeness (QED) is 0.629. The molecule has 0 amide bonds. The third kappa shape index (κ3) is 4.51. The van der Waals surface area contributed by atoms with Crippen LogP contribution >= 0.6 is 0 Å². The summed E-state index contributed by atoms with van der Waals surface area (Å²) < 4.78 is 28.5. The first-order valence-corrected chi connectivity index (χ1v) is 8.59. The van der Waals surface area contributed by atoms with E-state index in [1.165, 1.54) is 0 Å². The Morgan fingerprint density at radius 1 is 0.789 bits per heavy atom. The fraction of sp³-hybridized carbons (Fsp3) is 1.00. The van der Waals surface area contributed by atoms with E-state index in [0.717, 1.165) is 26.4 Å². The number of hydrogen-bond donors (Lipinski definition) is 0. The highest BCUT2D eigenvalue weighted by atomic mass is 28.3. The van der Waals surface area contributed by atoms with Crippen molar-refractivity contribution < 1.29 is 22.8 Å². The molecule has 0 aromatic heterocycles. The van der Waals surface area contributed by atoms with Crippen molar-refractivity contribution in [3.63, 3.8) is 0 Å². The zero-order valence-electron chi connectivity index (χ0n) is 12.3. The van der Waals surface area contributed by atoms with Crippen LogP contribution in [-0.2, 0) is 22.8 Å². The standard InChI is InChI=1S/C13H26O5Si/c1-9(2)16-19(17-10(3)4)18-13(11-5-14-6-11)12-7-15-8-12/h9-13,19H,5-8H2,1-4H3. The van der Waals surface area contributed by atoms with E-state index in [2.05, 4.69) is 0 Å². The third-order valence-corrected chi connectivity index (χ3v) is 5.36. The summed E-state index contributed by atoms with van der Waals surface area (Å²) >= 11 is 0. The minimum atomic E-state index is -2.09. The Labute approximate surface area is 117 Å². The molecule has 0 unspecified atom stereocenters. The summed E-state index contributed by atoms with van der Waals surface area (Å²) in [5, 5.41) is 0. The van der Waals surface area contributed by atoms with Crippen LogP contribution in [0.2, 0.25) is 0 Å². The molecule has 0 spiro atoms. The maximum Gasteiger partial charge on any atom is 0.484 e. The molecule has 0 N–H and O–H groups in total. The van der Waals surface area contributed by atoms with Crippen molar-refractivity contribution in [1.29, 1.82) is 0 Å². The fourth-order valence-corrected chi connectivity index (χ4v) is 3.95. The lowest BCUT2D eigenvalue weighted by Gasteiger charge is -2.42. The van der Waals surface area contributed by atoms with Crippen molar-refractivity contribution >= 4 is 9.53 Å². The molecule has 112 valence electrons. The third-order valence-electron chi connectivity index (χ3n) is 3.29. The normalized spacial score (nSPS) is 21.5. The van der Waals surface area contributed by atoms with Gasteiger partial charge in [0.05, 0.1) is 32.5 Å². The van der Waals surface area contributed by atoms with Gasteiger partial charge in [0.2, 0.25) is 0 Å². The monoisotopic (exact) mass is 290 g/mol. The zero-order valence-corrected chi connectivity index (χ0v) is 13.5. The summed E-state index contributed by atoms with van der Waals surface area (Å²) in [4.78, 5) is 0. The minimum absolute atomic E-state index is 0.131. The maximum atomic E-state index is 6.21. The predicted molar refractivity (Wildman–Crippen MR) is 73.1 cm³/mol. The number of hydrogen-bond acceptors (Lipinski definition) is 5. The summed E-state index contributed by atoms with van der Waals surface area (Å²) in [7, 11) is -2.09. The van der Waals surface area contributed by atoms with Gasteiger partial charge < -0.3 is 22.8 Å². The van der Waals surface area contributed by atoms with Gasteiger partial charge in [-0.05, 0) is 27.7 Å².